The highest BCUT2D eigenvalue weighted by Gasteiger charge is 2.62. The number of carbonyl (C=O) groups is 1. The third kappa shape index (κ3) is 4.03. The van der Waals surface area contributed by atoms with Crippen molar-refractivity contribution >= 4 is 11.6 Å². The maximum Gasteiger partial charge on any atom is 0.227 e. The quantitative estimate of drug-likeness (QED) is 0.503. The van der Waals surface area contributed by atoms with Gasteiger partial charge in [0.15, 0.2) is 0 Å². The van der Waals surface area contributed by atoms with Gasteiger partial charge in [-0.05, 0) is 135 Å². The molecule has 2 N–H and O–H groups in total. The molecule has 0 radical (unpaired) electrons. The molecule has 6 rings (SSSR count). The van der Waals surface area contributed by atoms with Gasteiger partial charge in [0.05, 0.1) is 12.2 Å². The van der Waals surface area contributed by atoms with Gasteiger partial charge in [0.2, 0.25) is 5.91 Å². The number of carbonyl (C=O) groups excluding carboxylic acids is 1. The van der Waals surface area contributed by atoms with Gasteiger partial charge in [-0.3, -0.25) is 4.79 Å². The van der Waals surface area contributed by atoms with E-state index in [2.05, 4.69) is 45.9 Å². The molecule has 0 spiro atoms. The summed E-state index contributed by atoms with van der Waals surface area (Å²) in [5.41, 5.74) is 4.35. The molecule has 5 aliphatic rings. The summed E-state index contributed by atoms with van der Waals surface area (Å²) >= 11 is 0. The molecule has 1 aromatic carbocycles. The maximum absolute atomic E-state index is 13.3. The van der Waals surface area contributed by atoms with Crippen molar-refractivity contribution in [3.63, 3.8) is 0 Å². The zero-order valence-electron chi connectivity index (χ0n) is 23.6. The summed E-state index contributed by atoms with van der Waals surface area (Å²) < 4.78 is 0. The summed E-state index contributed by atoms with van der Waals surface area (Å²) in [6.07, 6.45) is 11.0. The molecule has 10 atom stereocenters. The first-order chi connectivity index (χ1) is 17.6. The number of hydrogen-bond acceptors (Lipinski definition) is 3. The van der Waals surface area contributed by atoms with Gasteiger partial charge in [-0.15, -0.1) is 0 Å². The third-order valence-corrected chi connectivity index (χ3v) is 12.8. The molecular formula is C33H49NO3. The molecule has 4 saturated carbocycles. The van der Waals surface area contributed by atoms with E-state index in [9.17, 15) is 15.0 Å². The zero-order chi connectivity index (χ0) is 26.1. The van der Waals surface area contributed by atoms with Crippen molar-refractivity contribution in [3.05, 3.63) is 29.3 Å². The normalized spacial score (nSPS) is 43.5. The number of benzene rings is 1. The molecule has 4 aliphatic carbocycles. The number of fused-ring (bicyclic) bond motifs is 6. The highest BCUT2D eigenvalue weighted by atomic mass is 16.3. The molecule has 0 unspecified atom stereocenters. The number of anilines is 1. The Morgan fingerprint density at radius 2 is 1.81 bits per heavy atom. The highest BCUT2D eigenvalue weighted by Crippen LogP contribution is 2.68. The molecule has 1 heterocycles. The molecule has 4 fully saturated rings. The molecule has 37 heavy (non-hydrogen) atoms. The van der Waals surface area contributed by atoms with Crippen LogP contribution in [0.4, 0.5) is 5.69 Å². The largest absolute Gasteiger partial charge is 0.393 e. The SMILES string of the molecule is Cc1cccc2c1CCN2C(=O)CC[C@@H](C)[C@H]1CC[C@H]2[C@@H]3[C@H](O)C[C@@H]4C[C@H](O)CC[C@]4(C)[C@H]3CC[C@]12C. The fourth-order valence-corrected chi connectivity index (χ4v) is 10.7. The standard InChI is InChI=1S/C33H49NO3/c1-20-6-5-7-28-24(20)14-17-34(28)30(37)11-8-21(2)25-9-10-26-31-27(13-16-33(25,26)4)32(3)15-12-23(35)18-22(32)19-29(31)36/h5-7,21-23,25-27,29,31,35-36H,8-19H2,1-4H3/t21-,22+,23-,25-,26+,27+,29-,31+,32+,33-/m1/s1. The van der Waals surface area contributed by atoms with E-state index in [0.29, 0.717) is 47.8 Å². The minimum atomic E-state index is -0.215. The third-order valence-electron chi connectivity index (χ3n) is 12.8. The average molecular weight is 508 g/mol. The van der Waals surface area contributed by atoms with E-state index in [0.717, 1.165) is 50.8 Å². The van der Waals surface area contributed by atoms with Gasteiger partial charge >= 0.3 is 0 Å². The van der Waals surface area contributed by atoms with Crippen LogP contribution in [0.1, 0.15) is 96.1 Å². The minimum absolute atomic E-state index is 0.173. The Bertz CT molecular complexity index is 1040. The first-order valence-electron chi connectivity index (χ1n) is 15.4. The summed E-state index contributed by atoms with van der Waals surface area (Å²) in [7, 11) is 0. The molecular weight excluding hydrogens is 458 g/mol. The monoisotopic (exact) mass is 507 g/mol. The van der Waals surface area contributed by atoms with Crippen molar-refractivity contribution in [1.82, 2.24) is 0 Å². The molecule has 1 amide bonds. The number of hydrogen-bond donors (Lipinski definition) is 2. The van der Waals surface area contributed by atoms with Crippen LogP contribution < -0.4 is 4.90 Å². The molecule has 4 nitrogen and oxygen atoms in total. The molecule has 204 valence electrons. The number of aryl methyl sites for hydroxylation is 1. The molecule has 0 bridgehead atoms. The molecule has 1 aromatic rings. The Morgan fingerprint density at radius 1 is 1.05 bits per heavy atom. The first kappa shape index (κ1) is 25.9. The van der Waals surface area contributed by atoms with Gasteiger partial charge < -0.3 is 15.1 Å². The van der Waals surface area contributed by atoms with Gasteiger partial charge in [0.25, 0.3) is 0 Å². The molecule has 0 aromatic heterocycles. The smallest absolute Gasteiger partial charge is 0.227 e. The molecule has 1 aliphatic heterocycles. The lowest BCUT2D eigenvalue weighted by Gasteiger charge is -2.62. The van der Waals surface area contributed by atoms with E-state index in [4.69, 9.17) is 0 Å². The molecule has 4 heteroatoms. The highest BCUT2D eigenvalue weighted by molar-refractivity contribution is 5.95. The number of nitrogens with zero attached hydrogens (tertiary/aromatic N) is 1. The Kier molecular flexibility index (Phi) is 6.55. The fourth-order valence-electron chi connectivity index (χ4n) is 10.7. The van der Waals surface area contributed by atoms with Crippen LogP contribution in [0.2, 0.25) is 0 Å². The van der Waals surface area contributed by atoms with E-state index in [1.54, 1.807) is 0 Å². The summed E-state index contributed by atoms with van der Waals surface area (Å²) in [4.78, 5) is 15.3. The second-order valence-electron chi connectivity index (χ2n) is 14.3. The van der Waals surface area contributed by atoms with Gasteiger partial charge in [-0.2, -0.15) is 0 Å². The Hall–Kier alpha value is -1.39. The summed E-state index contributed by atoms with van der Waals surface area (Å²) in [5.74, 6) is 3.55. The van der Waals surface area contributed by atoms with E-state index in [1.807, 2.05) is 4.90 Å². The zero-order valence-corrected chi connectivity index (χ0v) is 23.6. The summed E-state index contributed by atoms with van der Waals surface area (Å²) in [6, 6.07) is 6.35. The van der Waals surface area contributed by atoms with Crippen LogP contribution >= 0.6 is 0 Å². The minimum Gasteiger partial charge on any atom is -0.393 e. The van der Waals surface area contributed by atoms with Crippen molar-refractivity contribution in [3.8, 4) is 0 Å². The second kappa shape index (κ2) is 9.37. The fraction of sp³-hybridized carbons (Fsp3) is 0.788. The van der Waals surface area contributed by atoms with Crippen molar-refractivity contribution < 1.29 is 15.0 Å². The van der Waals surface area contributed by atoms with Crippen LogP contribution in [-0.4, -0.2) is 34.9 Å². The van der Waals surface area contributed by atoms with Crippen molar-refractivity contribution in [2.45, 2.75) is 111 Å². The number of amides is 1. The topological polar surface area (TPSA) is 60.8 Å². The summed E-state index contributed by atoms with van der Waals surface area (Å²) in [5, 5.41) is 21.8. The van der Waals surface area contributed by atoms with E-state index < -0.39 is 0 Å². The van der Waals surface area contributed by atoms with Crippen molar-refractivity contribution in [2.24, 2.45) is 46.3 Å². The van der Waals surface area contributed by atoms with Gasteiger partial charge in [0.1, 0.15) is 0 Å². The van der Waals surface area contributed by atoms with Gasteiger partial charge in [-0.1, -0.05) is 32.9 Å². The van der Waals surface area contributed by atoms with Crippen LogP contribution in [0.3, 0.4) is 0 Å². The second-order valence-corrected chi connectivity index (χ2v) is 14.3. The molecule has 0 saturated heterocycles. The lowest BCUT2D eigenvalue weighted by molar-refractivity contribution is -0.174. The van der Waals surface area contributed by atoms with Crippen LogP contribution in [0, 0.1) is 53.3 Å². The predicted octanol–water partition coefficient (Wildman–Crippen LogP) is 6.29. The maximum atomic E-state index is 13.3. The van der Waals surface area contributed by atoms with Gasteiger partial charge in [-0.25, -0.2) is 0 Å². The number of aliphatic hydroxyl groups excluding tert-OH is 2. The average Bonchev–Trinajstić information content (AvgIpc) is 3.45. The Morgan fingerprint density at radius 3 is 2.62 bits per heavy atom. The van der Waals surface area contributed by atoms with Crippen LogP contribution in [-0.2, 0) is 11.2 Å². The van der Waals surface area contributed by atoms with E-state index >= 15 is 0 Å². The summed E-state index contributed by atoms with van der Waals surface area (Å²) in [6.45, 7) is 10.4. The van der Waals surface area contributed by atoms with Crippen molar-refractivity contribution in [2.75, 3.05) is 11.4 Å². The van der Waals surface area contributed by atoms with Crippen LogP contribution in [0.5, 0.6) is 0 Å². The first-order valence-corrected chi connectivity index (χ1v) is 15.4. The lowest BCUT2D eigenvalue weighted by atomic mass is 9.43. The van der Waals surface area contributed by atoms with Gasteiger partial charge in [0, 0.05) is 18.7 Å². The van der Waals surface area contributed by atoms with Crippen LogP contribution in [0.15, 0.2) is 18.2 Å². The van der Waals surface area contributed by atoms with Crippen LogP contribution in [0.25, 0.3) is 0 Å². The number of rotatable bonds is 4. The number of aliphatic hydroxyl groups is 2. The van der Waals surface area contributed by atoms with E-state index in [-0.39, 0.29) is 23.0 Å². The predicted molar refractivity (Wildman–Crippen MR) is 148 cm³/mol. The Labute approximate surface area is 224 Å². The lowest BCUT2D eigenvalue weighted by Crippen LogP contribution is -2.58. The van der Waals surface area contributed by atoms with E-state index in [1.165, 1.54) is 36.8 Å². The van der Waals surface area contributed by atoms with Crippen molar-refractivity contribution in [1.29, 1.82) is 0 Å². The Balaban J connectivity index is 1.13.